The van der Waals surface area contributed by atoms with Gasteiger partial charge in [-0.05, 0) is 48.4 Å². The smallest absolute Gasteiger partial charge is 0.254 e. The number of phenols is 1. The van der Waals surface area contributed by atoms with Gasteiger partial charge < -0.3 is 14.9 Å². The van der Waals surface area contributed by atoms with Gasteiger partial charge in [0.05, 0.1) is 0 Å². The van der Waals surface area contributed by atoms with Crippen LogP contribution in [0.1, 0.15) is 17.3 Å². The molecule has 0 aliphatic carbocycles. The fourth-order valence-corrected chi connectivity index (χ4v) is 3.66. The molecule has 5 nitrogen and oxygen atoms in total. The quantitative estimate of drug-likeness (QED) is 0.742. The molecule has 146 valence electrons. The fourth-order valence-electron chi connectivity index (χ4n) is 3.66. The third kappa shape index (κ3) is 3.85. The van der Waals surface area contributed by atoms with Crippen LogP contribution in [-0.2, 0) is 4.79 Å². The van der Waals surface area contributed by atoms with E-state index in [-0.39, 0.29) is 30.2 Å². The summed E-state index contributed by atoms with van der Waals surface area (Å²) in [5, 5.41) is 9.64. The summed E-state index contributed by atoms with van der Waals surface area (Å²) in [5.41, 5.74) is 3.34. The van der Waals surface area contributed by atoms with Crippen molar-refractivity contribution in [3.63, 3.8) is 0 Å². The molecule has 5 heteroatoms. The zero-order valence-corrected chi connectivity index (χ0v) is 16.2. The molecule has 2 amide bonds. The zero-order valence-electron chi connectivity index (χ0n) is 16.2. The first kappa shape index (κ1) is 18.7. The molecule has 1 aliphatic rings. The number of amides is 2. The second kappa shape index (κ2) is 7.80. The third-order valence-corrected chi connectivity index (χ3v) is 5.20. The first-order valence-electron chi connectivity index (χ1n) is 9.59. The number of phenolic OH excluding ortho intramolecular Hbond substituents is 1. The van der Waals surface area contributed by atoms with Crippen molar-refractivity contribution in [2.24, 2.45) is 0 Å². The minimum Gasteiger partial charge on any atom is -0.508 e. The van der Waals surface area contributed by atoms with E-state index in [9.17, 15) is 14.7 Å². The number of piperazine rings is 1. The van der Waals surface area contributed by atoms with Crippen LogP contribution in [-0.4, -0.2) is 41.0 Å². The van der Waals surface area contributed by atoms with E-state index in [0.717, 1.165) is 16.8 Å². The molecule has 0 saturated carbocycles. The zero-order chi connectivity index (χ0) is 20.4. The Bertz CT molecular complexity index is 1050. The van der Waals surface area contributed by atoms with Crippen molar-refractivity contribution >= 4 is 17.5 Å². The van der Waals surface area contributed by atoms with Gasteiger partial charge in [-0.2, -0.15) is 0 Å². The summed E-state index contributed by atoms with van der Waals surface area (Å²) in [6.07, 6.45) is 0. The Balaban J connectivity index is 1.55. The molecule has 1 N–H and O–H groups in total. The Morgan fingerprint density at radius 3 is 2.41 bits per heavy atom. The van der Waals surface area contributed by atoms with E-state index in [1.165, 1.54) is 12.1 Å². The number of carbonyl (C=O) groups excluding carboxylic acids is 2. The number of anilines is 1. The van der Waals surface area contributed by atoms with Crippen LogP contribution in [0.2, 0.25) is 0 Å². The third-order valence-electron chi connectivity index (χ3n) is 5.20. The number of hydrogen-bond donors (Lipinski definition) is 1. The molecule has 0 radical (unpaired) electrons. The number of benzene rings is 3. The minimum absolute atomic E-state index is 0.00518. The molecule has 0 bridgehead atoms. The van der Waals surface area contributed by atoms with E-state index >= 15 is 0 Å². The van der Waals surface area contributed by atoms with Gasteiger partial charge in [-0.25, -0.2) is 0 Å². The predicted octanol–water partition coefficient (Wildman–Crippen LogP) is 3.94. The Morgan fingerprint density at radius 1 is 0.931 bits per heavy atom. The highest BCUT2D eigenvalue weighted by molar-refractivity contribution is 6.02. The molecule has 4 rings (SSSR count). The summed E-state index contributed by atoms with van der Waals surface area (Å²) < 4.78 is 0. The fraction of sp³-hybridized carbons (Fsp3) is 0.167. The number of hydrogen-bond acceptors (Lipinski definition) is 3. The van der Waals surface area contributed by atoms with Gasteiger partial charge in [0, 0.05) is 23.8 Å². The maximum Gasteiger partial charge on any atom is 0.254 e. The molecule has 0 aromatic heterocycles. The van der Waals surface area contributed by atoms with Crippen LogP contribution in [0.25, 0.3) is 11.1 Å². The first-order valence-corrected chi connectivity index (χ1v) is 9.59. The van der Waals surface area contributed by atoms with Crippen LogP contribution >= 0.6 is 0 Å². The Morgan fingerprint density at radius 2 is 1.66 bits per heavy atom. The standard InChI is InChI=1S/C24H22N2O3/c1-17-15-26(21-11-5-9-19(13-21)18-7-3-2-4-8-18)23(28)16-25(17)24(29)20-10-6-12-22(27)14-20/h2-14,17,27H,15-16H2,1H3/t17-/m0/s1. The first-order chi connectivity index (χ1) is 14.0. The van der Waals surface area contributed by atoms with E-state index in [2.05, 4.69) is 0 Å². The van der Waals surface area contributed by atoms with Crippen LogP contribution in [0.15, 0.2) is 78.9 Å². The van der Waals surface area contributed by atoms with Gasteiger partial charge in [-0.3, -0.25) is 9.59 Å². The van der Waals surface area contributed by atoms with Crippen molar-refractivity contribution in [1.29, 1.82) is 0 Å². The molecular weight excluding hydrogens is 364 g/mol. The number of aromatic hydroxyl groups is 1. The second-order valence-electron chi connectivity index (χ2n) is 7.25. The Kier molecular flexibility index (Phi) is 5.04. The SMILES string of the molecule is C[C@H]1CN(c2cccc(-c3ccccc3)c2)C(=O)CN1C(=O)c1cccc(O)c1. The van der Waals surface area contributed by atoms with Crippen molar-refractivity contribution in [3.05, 3.63) is 84.4 Å². The number of carbonyl (C=O) groups is 2. The number of nitrogens with zero attached hydrogens (tertiary/aromatic N) is 2. The van der Waals surface area contributed by atoms with Crippen molar-refractivity contribution in [2.75, 3.05) is 18.0 Å². The molecule has 3 aromatic rings. The topological polar surface area (TPSA) is 60.9 Å². The monoisotopic (exact) mass is 386 g/mol. The highest BCUT2D eigenvalue weighted by atomic mass is 16.3. The lowest BCUT2D eigenvalue weighted by molar-refractivity contribution is -0.121. The van der Waals surface area contributed by atoms with Gasteiger partial charge in [-0.15, -0.1) is 0 Å². The van der Waals surface area contributed by atoms with Crippen LogP contribution in [0, 0.1) is 0 Å². The maximum atomic E-state index is 12.9. The maximum absolute atomic E-state index is 12.9. The number of rotatable bonds is 3. The van der Waals surface area contributed by atoms with Gasteiger partial charge in [0.1, 0.15) is 12.3 Å². The summed E-state index contributed by atoms with van der Waals surface area (Å²) in [7, 11) is 0. The molecule has 1 atom stereocenters. The summed E-state index contributed by atoms with van der Waals surface area (Å²) in [6, 6.07) is 24.0. The predicted molar refractivity (Wildman–Crippen MR) is 113 cm³/mol. The van der Waals surface area contributed by atoms with E-state index in [0.29, 0.717) is 12.1 Å². The average Bonchev–Trinajstić information content (AvgIpc) is 2.75. The van der Waals surface area contributed by atoms with Crippen molar-refractivity contribution < 1.29 is 14.7 Å². The normalized spacial score (nSPS) is 16.7. The van der Waals surface area contributed by atoms with Crippen molar-refractivity contribution in [2.45, 2.75) is 13.0 Å². The van der Waals surface area contributed by atoms with Crippen molar-refractivity contribution in [1.82, 2.24) is 4.90 Å². The molecule has 3 aromatic carbocycles. The van der Waals surface area contributed by atoms with E-state index < -0.39 is 0 Å². The molecular formula is C24H22N2O3. The average molecular weight is 386 g/mol. The lowest BCUT2D eigenvalue weighted by atomic mass is 10.0. The van der Waals surface area contributed by atoms with Crippen LogP contribution in [0.5, 0.6) is 5.75 Å². The van der Waals surface area contributed by atoms with Gasteiger partial charge in [0.15, 0.2) is 0 Å². The van der Waals surface area contributed by atoms with Gasteiger partial charge in [0.25, 0.3) is 5.91 Å². The van der Waals surface area contributed by atoms with Crippen molar-refractivity contribution in [3.8, 4) is 16.9 Å². The van der Waals surface area contributed by atoms with E-state index in [1.807, 2.05) is 61.5 Å². The van der Waals surface area contributed by atoms with Crippen LogP contribution < -0.4 is 4.90 Å². The van der Waals surface area contributed by atoms with Crippen LogP contribution in [0.3, 0.4) is 0 Å². The Hall–Kier alpha value is -3.60. The van der Waals surface area contributed by atoms with Gasteiger partial charge in [-0.1, -0.05) is 48.5 Å². The molecule has 1 aliphatic heterocycles. The summed E-state index contributed by atoms with van der Waals surface area (Å²) in [6.45, 7) is 2.36. The molecule has 0 unspecified atom stereocenters. The molecule has 1 fully saturated rings. The molecule has 1 heterocycles. The van der Waals surface area contributed by atoms with Gasteiger partial charge in [0.2, 0.25) is 5.91 Å². The molecule has 29 heavy (non-hydrogen) atoms. The molecule has 0 spiro atoms. The van der Waals surface area contributed by atoms with Gasteiger partial charge >= 0.3 is 0 Å². The molecule has 1 saturated heterocycles. The van der Waals surface area contributed by atoms with E-state index in [1.54, 1.807) is 21.9 Å². The lowest BCUT2D eigenvalue weighted by Gasteiger charge is -2.39. The van der Waals surface area contributed by atoms with Crippen LogP contribution in [0.4, 0.5) is 5.69 Å². The summed E-state index contributed by atoms with van der Waals surface area (Å²) in [4.78, 5) is 29.0. The Labute approximate surface area is 169 Å². The second-order valence-corrected chi connectivity index (χ2v) is 7.25. The summed E-state index contributed by atoms with van der Waals surface area (Å²) >= 11 is 0. The minimum atomic E-state index is -0.251. The lowest BCUT2D eigenvalue weighted by Crippen LogP contribution is -2.57. The van der Waals surface area contributed by atoms with E-state index in [4.69, 9.17) is 0 Å². The highest BCUT2D eigenvalue weighted by Crippen LogP contribution is 2.27. The highest BCUT2D eigenvalue weighted by Gasteiger charge is 2.33. The largest absolute Gasteiger partial charge is 0.508 e. The summed E-state index contributed by atoms with van der Waals surface area (Å²) in [5.74, 6) is -0.340.